The molecule has 0 bridgehead atoms. The van der Waals surface area contributed by atoms with Crippen LogP contribution < -0.4 is 15.0 Å². The maximum absolute atomic E-state index is 13.0. The molecule has 1 aliphatic rings. The topological polar surface area (TPSA) is 80.6 Å². The van der Waals surface area contributed by atoms with Crippen molar-refractivity contribution in [3.63, 3.8) is 0 Å². The normalized spacial score (nSPS) is 15.4. The SMILES string of the molecule is CCc1ccc(N2C(=O)NC(=O)/C(=C/c3ccn(-c4ccc(OC)cc4)c3)C2=O)cc1. The van der Waals surface area contributed by atoms with Gasteiger partial charge in [0.2, 0.25) is 0 Å². The molecule has 1 fully saturated rings. The lowest BCUT2D eigenvalue weighted by Crippen LogP contribution is -2.54. The van der Waals surface area contributed by atoms with Gasteiger partial charge in [-0.2, -0.15) is 0 Å². The second-order valence-corrected chi connectivity index (χ2v) is 7.03. The van der Waals surface area contributed by atoms with Crippen molar-refractivity contribution in [2.24, 2.45) is 0 Å². The molecular weight excluding hydrogens is 394 g/mol. The van der Waals surface area contributed by atoms with Crippen LogP contribution in [0.15, 0.2) is 72.6 Å². The summed E-state index contributed by atoms with van der Waals surface area (Å²) in [5, 5.41) is 2.25. The third-order valence-electron chi connectivity index (χ3n) is 5.10. The Kier molecular flexibility index (Phi) is 5.41. The summed E-state index contributed by atoms with van der Waals surface area (Å²) in [4.78, 5) is 38.7. The lowest BCUT2D eigenvalue weighted by Gasteiger charge is -2.26. The summed E-state index contributed by atoms with van der Waals surface area (Å²) in [6, 6.07) is 15.6. The molecule has 1 aliphatic heterocycles. The van der Waals surface area contributed by atoms with E-state index in [1.807, 2.05) is 54.1 Å². The van der Waals surface area contributed by atoms with E-state index in [-0.39, 0.29) is 5.57 Å². The van der Waals surface area contributed by atoms with Crippen molar-refractivity contribution in [1.82, 2.24) is 9.88 Å². The number of nitrogens with one attached hydrogen (secondary N) is 1. The summed E-state index contributed by atoms with van der Waals surface area (Å²) < 4.78 is 7.03. The quantitative estimate of drug-likeness (QED) is 0.509. The molecular formula is C24H21N3O4. The Morgan fingerprint density at radius 3 is 2.26 bits per heavy atom. The highest BCUT2D eigenvalue weighted by molar-refractivity contribution is 6.39. The molecule has 4 amide bonds. The number of urea groups is 1. The van der Waals surface area contributed by atoms with Crippen molar-refractivity contribution in [3.8, 4) is 11.4 Å². The highest BCUT2D eigenvalue weighted by Crippen LogP contribution is 2.23. The number of barbiturate groups is 1. The molecule has 0 aliphatic carbocycles. The summed E-state index contributed by atoms with van der Waals surface area (Å²) in [5.74, 6) is -0.622. The van der Waals surface area contributed by atoms with E-state index in [1.54, 1.807) is 31.5 Å². The number of imide groups is 2. The van der Waals surface area contributed by atoms with E-state index < -0.39 is 17.8 Å². The van der Waals surface area contributed by atoms with Crippen LogP contribution in [-0.2, 0) is 16.0 Å². The first-order valence-corrected chi connectivity index (χ1v) is 9.83. The number of benzene rings is 2. The minimum atomic E-state index is -0.757. The van der Waals surface area contributed by atoms with Crippen LogP contribution in [0.2, 0.25) is 0 Å². The molecule has 1 N–H and O–H groups in total. The summed E-state index contributed by atoms with van der Waals surface area (Å²) in [5.41, 5.74) is 2.95. The standard InChI is InChI=1S/C24H21N3O4/c1-3-16-4-6-19(7-5-16)27-23(29)21(22(28)25-24(27)30)14-17-12-13-26(15-17)18-8-10-20(31-2)11-9-18/h4-15H,3H2,1-2H3,(H,25,28,30)/b21-14-. The molecule has 1 aromatic heterocycles. The fourth-order valence-electron chi connectivity index (χ4n) is 3.35. The van der Waals surface area contributed by atoms with Crippen LogP contribution in [0.25, 0.3) is 11.8 Å². The molecule has 4 rings (SSSR count). The molecule has 3 aromatic rings. The number of carbonyl (C=O) groups is 3. The van der Waals surface area contributed by atoms with E-state index in [1.165, 1.54) is 6.08 Å². The first kappa shape index (κ1) is 20.2. The van der Waals surface area contributed by atoms with Gasteiger partial charge in [-0.25, -0.2) is 9.69 Å². The van der Waals surface area contributed by atoms with E-state index >= 15 is 0 Å². The zero-order valence-corrected chi connectivity index (χ0v) is 17.2. The molecule has 0 spiro atoms. The van der Waals surface area contributed by atoms with Gasteiger partial charge in [-0.1, -0.05) is 19.1 Å². The number of carbonyl (C=O) groups excluding carboxylic acids is 3. The molecule has 0 saturated carbocycles. The highest BCUT2D eigenvalue weighted by Gasteiger charge is 2.36. The lowest BCUT2D eigenvalue weighted by atomic mass is 10.1. The third-order valence-corrected chi connectivity index (χ3v) is 5.10. The molecule has 0 atom stereocenters. The van der Waals surface area contributed by atoms with Crippen LogP contribution in [0.1, 0.15) is 18.1 Å². The van der Waals surface area contributed by atoms with Crippen LogP contribution in [0.4, 0.5) is 10.5 Å². The van der Waals surface area contributed by atoms with Crippen molar-refractivity contribution in [2.45, 2.75) is 13.3 Å². The molecule has 31 heavy (non-hydrogen) atoms. The molecule has 2 aromatic carbocycles. The largest absolute Gasteiger partial charge is 0.497 e. The van der Waals surface area contributed by atoms with Crippen LogP contribution >= 0.6 is 0 Å². The second kappa shape index (κ2) is 8.31. The van der Waals surface area contributed by atoms with Crippen LogP contribution in [-0.4, -0.2) is 29.5 Å². The predicted octanol–water partition coefficient (Wildman–Crippen LogP) is 3.71. The number of rotatable bonds is 5. The summed E-state index contributed by atoms with van der Waals surface area (Å²) in [7, 11) is 1.60. The maximum atomic E-state index is 13.0. The minimum absolute atomic E-state index is 0.105. The molecule has 0 radical (unpaired) electrons. The number of methoxy groups -OCH3 is 1. The molecule has 7 nitrogen and oxygen atoms in total. The van der Waals surface area contributed by atoms with E-state index in [2.05, 4.69) is 5.32 Å². The van der Waals surface area contributed by atoms with E-state index in [9.17, 15) is 14.4 Å². The number of hydrogen-bond acceptors (Lipinski definition) is 4. The molecule has 0 unspecified atom stereocenters. The van der Waals surface area contributed by atoms with Crippen molar-refractivity contribution >= 4 is 29.6 Å². The maximum Gasteiger partial charge on any atom is 0.335 e. The van der Waals surface area contributed by atoms with E-state index in [0.29, 0.717) is 11.3 Å². The summed E-state index contributed by atoms with van der Waals surface area (Å²) in [6.07, 6.45) is 5.95. The van der Waals surface area contributed by atoms with Gasteiger partial charge >= 0.3 is 6.03 Å². The van der Waals surface area contributed by atoms with Crippen LogP contribution in [0.5, 0.6) is 5.75 Å². The Labute approximate surface area is 179 Å². The van der Waals surface area contributed by atoms with E-state index in [0.717, 1.165) is 28.3 Å². The Balaban J connectivity index is 1.63. The van der Waals surface area contributed by atoms with Crippen molar-refractivity contribution < 1.29 is 19.1 Å². The summed E-state index contributed by atoms with van der Waals surface area (Å²) in [6.45, 7) is 2.02. The first-order chi connectivity index (χ1) is 15.0. The number of hydrogen-bond donors (Lipinski definition) is 1. The predicted molar refractivity (Wildman–Crippen MR) is 117 cm³/mol. The molecule has 156 valence electrons. The van der Waals surface area contributed by atoms with Crippen LogP contribution in [0.3, 0.4) is 0 Å². The number of nitrogens with zero attached hydrogens (tertiary/aromatic N) is 2. The molecule has 1 saturated heterocycles. The smallest absolute Gasteiger partial charge is 0.335 e. The number of aryl methyl sites for hydroxylation is 1. The average Bonchev–Trinajstić information content (AvgIpc) is 3.26. The third kappa shape index (κ3) is 3.98. The van der Waals surface area contributed by atoms with Gasteiger partial charge in [0, 0.05) is 18.1 Å². The van der Waals surface area contributed by atoms with Crippen molar-refractivity contribution in [1.29, 1.82) is 0 Å². The Morgan fingerprint density at radius 1 is 0.935 bits per heavy atom. The first-order valence-electron chi connectivity index (χ1n) is 9.83. The van der Waals surface area contributed by atoms with Gasteiger partial charge in [0.1, 0.15) is 11.3 Å². The monoisotopic (exact) mass is 415 g/mol. The van der Waals surface area contributed by atoms with E-state index in [4.69, 9.17) is 4.74 Å². The summed E-state index contributed by atoms with van der Waals surface area (Å²) >= 11 is 0. The molecule has 2 heterocycles. The van der Waals surface area contributed by atoms with Gasteiger partial charge < -0.3 is 9.30 Å². The number of amides is 4. The Morgan fingerprint density at radius 2 is 1.61 bits per heavy atom. The van der Waals surface area contributed by atoms with Crippen LogP contribution in [0, 0.1) is 0 Å². The zero-order valence-electron chi connectivity index (χ0n) is 17.2. The van der Waals surface area contributed by atoms with Gasteiger partial charge in [0.25, 0.3) is 11.8 Å². The zero-order chi connectivity index (χ0) is 22.0. The van der Waals surface area contributed by atoms with Gasteiger partial charge in [0.15, 0.2) is 0 Å². The Hall–Kier alpha value is -4.13. The fraction of sp³-hybridized carbons (Fsp3) is 0.125. The van der Waals surface area contributed by atoms with Crippen molar-refractivity contribution in [3.05, 3.63) is 83.7 Å². The number of aromatic nitrogens is 1. The lowest BCUT2D eigenvalue weighted by molar-refractivity contribution is -0.122. The van der Waals surface area contributed by atoms with Gasteiger partial charge in [0.05, 0.1) is 12.8 Å². The van der Waals surface area contributed by atoms with Gasteiger partial charge in [-0.15, -0.1) is 0 Å². The average molecular weight is 415 g/mol. The van der Waals surface area contributed by atoms with Crippen molar-refractivity contribution in [2.75, 3.05) is 12.0 Å². The fourth-order valence-corrected chi connectivity index (χ4v) is 3.35. The number of anilines is 1. The Bertz CT molecular complexity index is 1170. The van der Waals surface area contributed by atoms with Gasteiger partial charge in [-0.3, -0.25) is 14.9 Å². The number of ether oxygens (including phenoxy) is 1. The highest BCUT2D eigenvalue weighted by atomic mass is 16.5. The molecule has 7 heteroatoms. The van der Waals surface area contributed by atoms with Gasteiger partial charge in [-0.05, 0) is 66.1 Å². The minimum Gasteiger partial charge on any atom is -0.497 e. The second-order valence-electron chi connectivity index (χ2n) is 7.03.